The van der Waals surface area contributed by atoms with E-state index in [9.17, 15) is 13.2 Å². The third-order valence-electron chi connectivity index (χ3n) is 1.60. The summed E-state index contributed by atoms with van der Waals surface area (Å²) >= 11 is 0. The van der Waals surface area contributed by atoms with Crippen LogP contribution < -0.4 is 5.32 Å². The van der Waals surface area contributed by atoms with E-state index in [1.807, 2.05) is 0 Å². The van der Waals surface area contributed by atoms with E-state index in [2.05, 4.69) is 10.3 Å². The topological polar surface area (TPSA) is 65.4 Å². The van der Waals surface area contributed by atoms with Crippen LogP contribution in [0.1, 0.15) is 0 Å². The highest BCUT2D eigenvalue weighted by Crippen LogP contribution is 2.13. The molecular weight excluding hydrogens is 213 g/mol. The Hall–Kier alpha value is -1.34. The second-order valence-corrected chi connectivity index (χ2v) is 2.81. The van der Waals surface area contributed by atoms with Crippen molar-refractivity contribution < 1.29 is 23.4 Å². The van der Waals surface area contributed by atoms with Gasteiger partial charge < -0.3 is 15.5 Å². The van der Waals surface area contributed by atoms with Gasteiger partial charge in [0.25, 0.3) is 5.95 Å². The largest absolute Gasteiger partial charge is 0.394 e. The van der Waals surface area contributed by atoms with Gasteiger partial charge in [-0.25, -0.2) is 8.78 Å². The summed E-state index contributed by atoms with van der Waals surface area (Å²) < 4.78 is 37.9. The van der Waals surface area contributed by atoms with Crippen molar-refractivity contribution in [1.29, 1.82) is 0 Å². The number of halogens is 3. The summed E-state index contributed by atoms with van der Waals surface area (Å²) in [6.07, 6.45) is -1.13. The Bertz CT molecular complexity index is 349. The second kappa shape index (κ2) is 4.94. The SMILES string of the molecule is OCC(O)CNc1nc(F)c(F)cc1F. The van der Waals surface area contributed by atoms with E-state index in [4.69, 9.17) is 10.2 Å². The molecule has 1 heterocycles. The number of aromatic nitrogens is 1. The van der Waals surface area contributed by atoms with Crippen molar-refractivity contribution in [3.8, 4) is 0 Å². The fourth-order valence-corrected chi connectivity index (χ4v) is 0.847. The molecule has 0 radical (unpaired) electrons. The van der Waals surface area contributed by atoms with E-state index in [0.29, 0.717) is 6.07 Å². The number of hydrogen-bond donors (Lipinski definition) is 3. The number of aliphatic hydroxyl groups excluding tert-OH is 2. The number of hydrogen-bond acceptors (Lipinski definition) is 4. The maximum atomic E-state index is 12.9. The number of rotatable bonds is 4. The predicted octanol–water partition coefficient (Wildman–Crippen LogP) is 0.264. The van der Waals surface area contributed by atoms with Crippen LogP contribution in [0.25, 0.3) is 0 Å². The number of nitrogens with one attached hydrogen (secondary N) is 1. The summed E-state index contributed by atoms with van der Waals surface area (Å²) in [7, 11) is 0. The van der Waals surface area contributed by atoms with E-state index in [0.717, 1.165) is 0 Å². The molecule has 1 aromatic rings. The molecule has 0 saturated carbocycles. The zero-order valence-corrected chi connectivity index (χ0v) is 7.54. The first kappa shape index (κ1) is 11.7. The molecule has 0 saturated heterocycles. The van der Waals surface area contributed by atoms with Crippen molar-refractivity contribution in [2.24, 2.45) is 0 Å². The molecule has 4 nitrogen and oxygen atoms in total. The third kappa shape index (κ3) is 3.07. The van der Waals surface area contributed by atoms with Gasteiger partial charge in [0.2, 0.25) is 0 Å². The van der Waals surface area contributed by atoms with E-state index in [1.165, 1.54) is 0 Å². The zero-order chi connectivity index (χ0) is 11.4. The average Bonchev–Trinajstić information content (AvgIpc) is 2.21. The number of anilines is 1. The minimum Gasteiger partial charge on any atom is -0.394 e. The lowest BCUT2D eigenvalue weighted by Gasteiger charge is -2.09. The summed E-state index contributed by atoms with van der Waals surface area (Å²) in [5.41, 5.74) is 0. The molecule has 0 bridgehead atoms. The van der Waals surface area contributed by atoms with Gasteiger partial charge in [-0.15, -0.1) is 0 Å². The van der Waals surface area contributed by atoms with Crippen molar-refractivity contribution >= 4 is 5.82 Å². The second-order valence-electron chi connectivity index (χ2n) is 2.81. The van der Waals surface area contributed by atoms with Gasteiger partial charge in [-0.1, -0.05) is 0 Å². The zero-order valence-electron chi connectivity index (χ0n) is 7.54. The first-order valence-corrected chi connectivity index (χ1v) is 4.09. The maximum Gasteiger partial charge on any atom is 0.251 e. The first-order valence-electron chi connectivity index (χ1n) is 4.09. The summed E-state index contributed by atoms with van der Waals surface area (Å²) in [6.45, 7) is -0.746. The van der Waals surface area contributed by atoms with Gasteiger partial charge in [-0.05, 0) is 0 Å². The van der Waals surface area contributed by atoms with E-state index in [-0.39, 0.29) is 6.54 Å². The molecule has 1 aromatic heterocycles. The number of pyridine rings is 1. The fourth-order valence-electron chi connectivity index (χ4n) is 0.847. The van der Waals surface area contributed by atoms with Crippen LogP contribution in [0.4, 0.5) is 19.0 Å². The van der Waals surface area contributed by atoms with Gasteiger partial charge in [0.15, 0.2) is 17.5 Å². The molecular formula is C8H9F3N2O2. The molecule has 84 valence electrons. The van der Waals surface area contributed by atoms with Crippen molar-refractivity contribution in [1.82, 2.24) is 4.98 Å². The Morgan fingerprint density at radius 3 is 2.60 bits per heavy atom. The van der Waals surface area contributed by atoms with E-state index < -0.39 is 36.1 Å². The highest BCUT2D eigenvalue weighted by molar-refractivity contribution is 5.36. The lowest BCUT2D eigenvalue weighted by Crippen LogP contribution is -2.24. The van der Waals surface area contributed by atoms with Crippen LogP contribution in [0.2, 0.25) is 0 Å². The molecule has 7 heteroatoms. The highest BCUT2D eigenvalue weighted by Gasteiger charge is 2.12. The fraction of sp³-hybridized carbons (Fsp3) is 0.375. The molecule has 1 unspecified atom stereocenters. The number of nitrogens with zero attached hydrogens (tertiary/aromatic N) is 1. The van der Waals surface area contributed by atoms with Gasteiger partial charge in [-0.2, -0.15) is 9.37 Å². The van der Waals surface area contributed by atoms with Gasteiger partial charge in [-0.3, -0.25) is 0 Å². The van der Waals surface area contributed by atoms with Crippen molar-refractivity contribution in [3.05, 3.63) is 23.6 Å². The predicted molar refractivity (Wildman–Crippen MR) is 45.7 cm³/mol. The molecule has 3 N–H and O–H groups in total. The molecule has 0 aliphatic carbocycles. The Labute approximate surface area is 83.4 Å². The third-order valence-corrected chi connectivity index (χ3v) is 1.60. The number of aliphatic hydroxyl groups is 2. The smallest absolute Gasteiger partial charge is 0.251 e. The summed E-state index contributed by atoms with van der Waals surface area (Å²) in [4.78, 5) is 2.96. The molecule has 0 aliphatic rings. The molecule has 0 fully saturated rings. The Morgan fingerprint density at radius 1 is 1.33 bits per heavy atom. The van der Waals surface area contributed by atoms with Gasteiger partial charge in [0.05, 0.1) is 12.7 Å². The molecule has 0 aromatic carbocycles. The summed E-state index contributed by atoms with van der Waals surface area (Å²) in [6, 6.07) is 0.343. The van der Waals surface area contributed by atoms with Crippen molar-refractivity contribution in [3.63, 3.8) is 0 Å². The standard InChI is InChI=1S/C8H9F3N2O2/c9-5-1-6(10)8(13-7(5)11)12-2-4(15)3-14/h1,4,14-15H,2-3H2,(H,12,13). The van der Waals surface area contributed by atoms with E-state index >= 15 is 0 Å². The van der Waals surface area contributed by atoms with Crippen LogP contribution in [0, 0.1) is 17.6 Å². The molecule has 15 heavy (non-hydrogen) atoms. The van der Waals surface area contributed by atoms with Crippen LogP contribution in [0.5, 0.6) is 0 Å². The minimum absolute atomic E-state index is 0.217. The lowest BCUT2D eigenvalue weighted by molar-refractivity contribution is 0.105. The highest BCUT2D eigenvalue weighted by atomic mass is 19.2. The van der Waals surface area contributed by atoms with Gasteiger partial charge in [0.1, 0.15) is 0 Å². The van der Waals surface area contributed by atoms with Crippen LogP contribution >= 0.6 is 0 Å². The Balaban J connectivity index is 2.73. The van der Waals surface area contributed by atoms with Crippen molar-refractivity contribution in [2.75, 3.05) is 18.5 Å². The monoisotopic (exact) mass is 222 g/mol. The molecule has 0 spiro atoms. The average molecular weight is 222 g/mol. The lowest BCUT2D eigenvalue weighted by atomic mass is 10.3. The van der Waals surface area contributed by atoms with Crippen LogP contribution in [0.15, 0.2) is 6.07 Å². The Kier molecular flexibility index (Phi) is 3.87. The summed E-state index contributed by atoms with van der Waals surface area (Å²) in [5, 5.41) is 19.6. The van der Waals surface area contributed by atoms with Crippen molar-refractivity contribution in [2.45, 2.75) is 6.10 Å². The van der Waals surface area contributed by atoms with Crippen LogP contribution in [0.3, 0.4) is 0 Å². The minimum atomic E-state index is -1.43. The molecule has 1 atom stereocenters. The van der Waals surface area contributed by atoms with Gasteiger partial charge >= 0.3 is 0 Å². The summed E-state index contributed by atoms with van der Waals surface area (Å²) in [5.74, 6) is -4.40. The normalized spacial score (nSPS) is 12.6. The van der Waals surface area contributed by atoms with E-state index in [1.54, 1.807) is 0 Å². The first-order chi connectivity index (χ1) is 7.04. The molecule has 1 rings (SSSR count). The molecule has 0 aliphatic heterocycles. The molecule has 0 amide bonds. The van der Waals surface area contributed by atoms with Crippen LogP contribution in [-0.2, 0) is 0 Å². The quantitative estimate of drug-likeness (QED) is 0.639. The maximum absolute atomic E-state index is 12.9. The van der Waals surface area contributed by atoms with Crippen LogP contribution in [-0.4, -0.2) is 34.5 Å². The Morgan fingerprint density at radius 2 is 2.00 bits per heavy atom. The van der Waals surface area contributed by atoms with Gasteiger partial charge in [0, 0.05) is 12.6 Å².